The molecule has 0 spiro atoms. The minimum atomic E-state index is 0.146. The second-order valence-corrected chi connectivity index (χ2v) is 10.2. The highest BCUT2D eigenvalue weighted by molar-refractivity contribution is 9.10. The molecular weight excluding hydrogens is 514 g/mol. The van der Waals surface area contributed by atoms with Gasteiger partial charge in [-0.3, -0.25) is 4.99 Å². The van der Waals surface area contributed by atoms with Crippen molar-refractivity contribution in [2.45, 2.75) is 13.1 Å². The number of aromatic nitrogens is 2. The Bertz CT molecular complexity index is 1640. The molecule has 2 aliphatic heterocycles. The third kappa shape index (κ3) is 3.63. The molecular formula is C29H22BrN5O. The predicted molar refractivity (Wildman–Crippen MR) is 148 cm³/mol. The molecule has 5 aromatic rings. The lowest BCUT2D eigenvalue weighted by molar-refractivity contribution is 0.477. The van der Waals surface area contributed by atoms with Crippen LogP contribution in [0.3, 0.4) is 0 Å². The molecule has 1 aromatic heterocycles. The number of anilines is 2. The van der Waals surface area contributed by atoms with Gasteiger partial charge in [0.05, 0.1) is 29.0 Å². The average molecular weight is 536 g/mol. The molecule has 6 nitrogen and oxygen atoms in total. The number of nitrogens with one attached hydrogen (secondary N) is 1. The number of fused-ring (bicyclic) bond motifs is 7. The molecule has 0 aliphatic carbocycles. The molecule has 2 N–H and O–H groups in total. The zero-order valence-electron chi connectivity index (χ0n) is 19.3. The average Bonchev–Trinajstić information content (AvgIpc) is 3.31. The fraction of sp³-hybridized carbons (Fsp3) is 0.103. The number of halogens is 1. The lowest BCUT2D eigenvalue weighted by Crippen LogP contribution is -2.46. The third-order valence-electron chi connectivity index (χ3n) is 6.88. The van der Waals surface area contributed by atoms with Crippen LogP contribution in [0, 0.1) is 0 Å². The van der Waals surface area contributed by atoms with E-state index in [0.717, 1.165) is 40.8 Å². The van der Waals surface area contributed by atoms with Crippen molar-refractivity contribution in [1.82, 2.24) is 9.97 Å². The molecule has 2 aliphatic rings. The van der Waals surface area contributed by atoms with E-state index in [1.165, 1.54) is 22.5 Å². The molecule has 4 aromatic carbocycles. The fourth-order valence-corrected chi connectivity index (χ4v) is 5.59. The van der Waals surface area contributed by atoms with Crippen LogP contribution in [0.15, 0.2) is 88.3 Å². The van der Waals surface area contributed by atoms with E-state index < -0.39 is 0 Å². The lowest BCUT2D eigenvalue weighted by Gasteiger charge is -2.44. The largest absolute Gasteiger partial charge is 0.507 e. The molecule has 3 heterocycles. The third-order valence-corrected chi connectivity index (χ3v) is 7.37. The Kier molecular flexibility index (Phi) is 4.85. The van der Waals surface area contributed by atoms with Gasteiger partial charge in [0.15, 0.2) is 0 Å². The highest BCUT2D eigenvalue weighted by Crippen LogP contribution is 2.39. The van der Waals surface area contributed by atoms with Gasteiger partial charge in [-0.1, -0.05) is 34.1 Å². The summed E-state index contributed by atoms with van der Waals surface area (Å²) in [6.07, 6.45) is 1.86. The summed E-state index contributed by atoms with van der Waals surface area (Å²) < 4.78 is 1.12. The number of aliphatic imine (C=N–C) groups is 1. The monoisotopic (exact) mass is 535 g/mol. The van der Waals surface area contributed by atoms with Gasteiger partial charge in [0.1, 0.15) is 11.6 Å². The van der Waals surface area contributed by atoms with E-state index in [0.29, 0.717) is 17.1 Å². The Hall–Kier alpha value is -4.10. The number of aromatic amines is 1. The highest BCUT2D eigenvalue weighted by Gasteiger charge is 2.29. The lowest BCUT2D eigenvalue weighted by atomic mass is 10.0. The van der Waals surface area contributed by atoms with Crippen LogP contribution in [0.4, 0.5) is 17.1 Å². The molecule has 7 rings (SSSR count). The van der Waals surface area contributed by atoms with Crippen molar-refractivity contribution in [2.75, 3.05) is 16.5 Å². The van der Waals surface area contributed by atoms with Gasteiger partial charge in [0.2, 0.25) is 0 Å². The van der Waals surface area contributed by atoms with Gasteiger partial charge in [-0.2, -0.15) is 0 Å². The topological polar surface area (TPSA) is 67.8 Å². The molecule has 36 heavy (non-hydrogen) atoms. The standard InChI is InChI=1S/C29H22BrN5O/c30-21-6-10-27-20(12-21)16-35-17-34(27)15-19-11-18(5-9-26(19)35)14-31-22-7-8-23(28(36)13-22)29-32-24-3-1-2-4-25(24)33-29/h1-14,36H,15-17H2,(H,32,33). The fourth-order valence-electron chi connectivity index (χ4n) is 5.18. The van der Waals surface area contributed by atoms with E-state index in [1.807, 2.05) is 42.6 Å². The maximum Gasteiger partial charge on any atom is 0.142 e. The zero-order chi connectivity index (χ0) is 24.2. The molecule has 0 amide bonds. The Morgan fingerprint density at radius 2 is 1.67 bits per heavy atom. The van der Waals surface area contributed by atoms with E-state index in [4.69, 9.17) is 0 Å². The number of benzene rings is 4. The summed E-state index contributed by atoms with van der Waals surface area (Å²) in [5.74, 6) is 0.788. The molecule has 7 heteroatoms. The summed E-state index contributed by atoms with van der Waals surface area (Å²) in [6, 6.07) is 26.3. The first kappa shape index (κ1) is 21.2. The molecule has 0 atom stereocenters. The number of hydrogen-bond donors (Lipinski definition) is 2. The minimum Gasteiger partial charge on any atom is -0.507 e. The second-order valence-electron chi connectivity index (χ2n) is 9.26. The van der Waals surface area contributed by atoms with Crippen molar-refractivity contribution in [1.29, 1.82) is 0 Å². The number of phenolic OH excluding ortho intramolecular Hbond substituents is 1. The number of H-pyrrole nitrogens is 1. The van der Waals surface area contributed by atoms with E-state index in [1.54, 1.807) is 6.07 Å². The van der Waals surface area contributed by atoms with Crippen molar-refractivity contribution in [3.63, 3.8) is 0 Å². The normalized spacial score (nSPS) is 14.4. The first-order valence-electron chi connectivity index (χ1n) is 11.8. The summed E-state index contributed by atoms with van der Waals surface area (Å²) in [7, 11) is 0. The van der Waals surface area contributed by atoms with Crippen molar-refractivity contribution >= 4 is 50.2 Å². The highest BCUT2D eigenvalue weighted by atomic mass is 79.9. The molecule has 176 valence electrons. The summed E-state index contributed by atoms with van der Waals surface area (Å²) >= 11 is 3.60. The smallest absolute Gasteiger partial charge is 0.142 e. The Morgan fingerprint density at radius 1 is 0.889 bits per heavy atom. The minimum absolute atomic E-state index is 0.146. The van der Waals surface area contributed by atoms with Crippen LogP contribution in [-0.4, -0.2) is 28.0 Å². The number of rotatable bonds is 3. The van der Waals surface area contributed by atoms with Crippen LogP contribution < -0.4 is 9.80 Å². The van der Waals surface area contributed by atoms with Crippen molar-refractivity contribution in [3.05, 3.63) is 100 Å². The summed E-state index contributed by atoms with van der Waals surface area (Å²) in [5.41, 5.74) is 9.41. The van der Waals surface area contributed by atoms with Crippen molar-refractivity contribution in [3.8, 4) is 17.1 Å². The van der Waals surface area contributed by atoms with E-state index in [2.05, 4.69) is 77.1 Å². The molecule has 0 saturated carbocycles. The summed E-state index contributed by atoms with van der Waals surface area (Å²) in [4.78, 5) is 17.3. The van der Waals surface area contributed by atoms with Gasteiger partial charge in [0, 0.05) is 41.2 Å². The van der Waals surface area contributed by atoms with Crippen LogP contribution in [0.5, 0.6) is 5.75 Å². The number of phenols is 1. The van der Waals surface area contributed by atoms with E-state index in [-0.39, 0.29) is 5.75 Å². The second kappa shape index (κ2) is 8.24. The Morgan fingerprint density at radius 3 is 2.47 bits per heavy atom. The van der Waals surface area contributed by atoms with Crippen molar-refractivity contribution in [2.24, 2.45) is 4.99 Å². The van der Waals surface area contributed by atoms with Gasteiger partial charge in [-0.05, 0) is 71.3 Å². The molecule has 0 fully saturated rings. The molecule has 0 unspecified atom stereocenters. The van der Waals surface area contributed by atoms with Gasteiger partial charge < -0.3 is 19.9 Å². The van der Waals surface area contributed by atoms with Crippen molar-refractivity contribution < 1.29 is 5.11 Å². The SMILES string of the molecule is Oc1cc(N=Cc2ccc3c(c2)CN2CN3Cc3cc(Br)ccc32)ccc1-c1nc2ccccc2[nH]1. The van der Waals surface area contributed by atoms with Gasteiger partial charge in [0.25, 0.3) is 0 Å². The number of hydrogen-bond acceptors (Lipinski definition) is 5. The Labute approximate surface area is 216 Å². The van der Waals surface area contributed by atoms with Crippen LogP contribution in [0.2, 0.25) is 0 Å². The van der Waals surface area contributed by atoms with Gasteiger partial charge in [-0.25, -0.2) is 4.98 Å². The molecule has 0 radical (unpaired) electrons. The number of para-hydroxylation sites is 2. The number of imidazole rings is 1. The van der Waals surface area contributed by atoms with Gasteiger partial charge in [-0.15, -0.1) is 0 Å². The van der Waals surface area contributed by atoms with Crippen LogP contribution in [-0.2, 0) is 13.1 Å². The summed E-state index contributed by atoms with van der Waals surface area (Å²) in [6.45, 7) is 2.68. The first-order chi connectivity index (χ1) is 17.6. The first-order valence-corrected chi connectivity index (χ1v) is 12.6. The predicted octanol–water partition coefficient (Wildman–Crippen LogP) is 6.75. The van der Waals surface area contributed by atoms with Gasteiger partial charge >= 0.3 is 0 Å². The maximum atomic E-state index is 10.7. The van der Waals surface area contributed by atoms with E-state index in [9.17, 15) is 5.11 Å². The summed E-state index contributed by atoms with van der Waals surface area (Å²) in [5, 5.41) is 10.7. The Balaban J connectivity index is 1.14. The number of aromatic hydroxyl groups is 1. The van der Waals surface area contributed by atoms with Crippen LogP contribution >= 0.6 is 15.9 Å². The van der Waals surface area contributed by atoms with E-state index >= 15 is 0 Å². The molecule has 2 bridgehead atoms. The van der Waals surface area contributed by atoms with Crippen LogP contribution in [0.25, 0.3) is 22.4 Å². The molecule has 0 saturated heterocycles. The number of nitrogens with zero attached hydrogens (tertiary/aromatic N) is 4. The quantitative estimate of drug-likeness (QED) is 0.251. The zero-order valence-corrected chi connectivity index (χ0v) is 20.9. The maximum absolute atomic E-state index is 10.7. The van der Waals surface area contributed by atoms with Crippen LogP contribution in [0.1, 0.15) is 16.7 Å².